The van der Waals surface area contributed by atoms with Gasteiger partial charge in [0.2, 0.25) is 12.1 Å². The Labute approximate surface area is 97.1 Å². The van der Waals surface area contributed by atoms with Gasteiger partial charge in [0.1, 0.15) is 4.88 Å². The fraction of sp³-hybridized carbons (Fsp3) is 0.500. The normalized spacial score (nSPS) is 11.9. The number of aromatic nitrogens is 1. The Balaban J connectivity index is 0.00000169. The van der Waals surface area contributed by atoms with Crippen LogP contribution in [0.1, 0.15) is 23.6 Å². The number of rotatable bonds is 3. The Bertz CT molecular complexity index is 325. The Kier molecular flexibility index (Phi) is 5.25. The number of hydrogen-bond donors (Lipinski definition) is 2. The van der Waals surface area contributed by atoms with Crippen LogP contribution in [0, 0.1) is 6.92 Å². The minimum Gasteiger partial charge on any atom is -1.00 e. The Morgan fingerprint density at radius 2 is 2.36 bits per heavy atom. The van der Waals surface area contributed by atoms with E-state index in [1.165, 1.54) is 11.3 Å². The van der Waals surface area contributed by atoms with Crippen LogP contribution in [0.3, 0.4) is 0 Å². The van der Waals surface area contributed by atoms with Crippen molar-refractivity contribution >= 4 is 17.2 Å². The van der Waals surface area contributed by atoms with E-state index in [4.69, 9.17) is 5.73 Å². The molecule has 1 unspecified atom stereocenters. The number of amides is 1. The van der Waals surface area contributed by atoms with Gasteiger partial charge in [-0.05, 0) is 6.92 Å². The molecule has 1 aromatic heterocycles. The summed E-state index contributed by atoms with van der Waals surface area (Å²) >= 11 is 1.43. The molecule has 0 spiro atoms. The van der Waals surface area contributed by atoms with Crippen LogP contribution in [0.25, 0.3) is 0 Å². The highest BCUT2D eigenvalue weighted by atomic mass is 79.9. The van der Waals surface area contributed by atoms with Crippen molar-refractivity contribution in [2.75, 3.05) is 0 Å². The van der Waals surface area contributed by atoms with E-state index in [9.17, 15) is 9.90 Å². The van der Waals surface area contributed by atoms with E-state index in [2.05, 4.69) is 0 Å². The van der Waals surface area contributed by atoms with Gasteiger partial charge in [0.15, 0.2) is 5.69 Å². The molecule has 14 heavy (non-hydrogen) atoms. The molecule has 0 aromatic carbocycles. The third-order valence-electron chi connectivity index (χ3n) is 1.80. The first kappa shape index (κ1) is 13.5. The number of hydrogen-bond acceptors (Lipinski definition) is 3. The summed E-state index contributed by atoms with van der Waals surface area (Å²) in [5.41, 5.74) is 7.76. The maximum absolute atomic E-state index is 10.6. The van der Waals surface area contributed by atoms with E-state index in [-0.39, 0.29) is 29.4 Å². The predicted octanol–water partition coefficient (Wildman–Crippen LogP) is -3.11. The summed E-state index contributed by atoms with van der Waals surface area (Å²) in [6.07, 6.45) is -0.487. The molecule has 0 aliphatic carbocycles. The third-order valence-corrected chi connectivity index (χ3v) is 3.05. The van der Waals surface area contributed by atoms with E-state index >= 15 is 0 Å². The lowest BCUT2D eigenvalue weighted by atomic mass is 10.3. The van der Waals surface area contributed by atoms with Crippen LogP contribution in [0.4, 0.5) is 0 Å². The topological polar surface area (TPSA) is 67.2 Å². The largest absolute Gasteiger partial charge is 1.00 e. The van der Waals surface area contributed by atoms with Crippen LogP contribution in [0.15, 0.2) is 5.51 Å². The molecule has 0 saturated heterocycles. The van der Waals surface area contributed by atoms with Crippen LogP contribution in [0.5, 0.6) is 0 Å². The van der Waals surface area contributed by atoms with Gasteiger partial charge in [-0.3, -0.25) is 4.79 Å². The number of nitrogens with two attached hydrogens (primary N) is 1. The van der Waals surface area contributed by atoms with E-state index in [0.717, 1.165) is 10.6 Å². The number of thiazole rings is 1. The van der Waals surface area contributed by atoms with Gasteiger partial charge in [-0.15, -0.1) is 0 Å². The maximum Gasteiger partial charge on any atom is 0.283 e. The van der Waals surface area contributed by atoms with Crippen molar-refractivity contribution in [3.05, 3.63) is 16.1 Å². The number of aliphatic hydroxyl groups is 1. The quantitative estimate of drug-likeness (QED) is 0.576. The molecule has 1 aromatic rings. The fourth-order valence-electron chi connectivity index (χ4n) is 1.15. The van der Waals surface area contributed by atoms with Gasteiger partial charge in [0.25, 0.3) is 5.91 Å². The average molecular weight is 281 g/mol. The summed E-state index contributed by atoms with van der Waals surface area (Å²) in [4.78, 5) is 11.5. The summed E-state index contributed by atoms with van der Waals surface area (Å²) in [7, 11) is 0. The highest BCUT2D eigenvalue weighted by Gasteiger charge is 2.19. The molecule has 1 rings (SSSR count). The number of carbonyl (C=O) groups excluding carboxylic acids is 1. The molecule has 0 aliphatic heterocycles. The molecule has 1 atom stereocenters. The Morgan fingerprint density at radius 1 is 1.79 bits per heavy atom. The van der Waals surface area contributed by atoms with Crippen LogP contribution in [-0.4, -0.2) is 11.0 Å². The van der Waals surface area contributed by atoms with Gasteiger partial charge in [0, 0.05) is 6.92 Å². The second kappa shape index (κ2) is 5.43. The third kappa shape index (κ3) is 3.04. The SMILES string of the molecule is Cc1c(C(C)O)sc[n+]1CC(N)=O.[Br-]. The summed E-state index contributed by atoms with van der Waals surface area (Å²) in [5, 5.41) is 9.33. The van der Waals surface area contributed by atoms with Crippen molar-refractivity contribution in [2.45, 2.75) is 26.5 Å². The molecule has 0 bridgehead atoms. The number of nitrogens with zero attached hydrogens (tertiary/aromatic N) is 1. The molecular formula is C8H13BrN2O2S. The number of halogens is 1. The van der Waals surface area contributed by atoms with Crippen molar-refractivity contribution in [1.82, 2.24) is 0 Å². The average Bonchev–Trinajstić information content (AvgIpc) is 2.32. The lowest BCUT2D eigenvalue weighted by Gasteiger charge is -1.97. The molecule has 0 aliphatic rings. The highest BCUT2D eigenvalue weighted by molar-refractivity contribution is 7.09. The van der Waals surface area contributed by atoms with Crippen molar-refractivity contribution in [2.24, 2.45) is 5.73 Å². The molecule has 0 saturated carbocycles. The molecule has 1 heterocycles. The first-order chi connectivity index (χ1) is 6.02. The van der Waals surface area contributed by atoms with Crippen molar-refractivity contribution < 1.29 is 31.4 Å². The molecule has 80 valence electrons. The molecule has 1 amide bonds. The molecule has 0 fully saturated rings. The van der Waals surface area contributed by atoms with E-state index in [0.29, 0.717) is 0 Å². The van der Waals surface area contributed by atoms with Gasteiger partial charge in [0.05, 0.1) is 6.10 Å². The van der Waals surface area contributed by atoms with Crippen LogP contribution in [0.2, 0.25) is 0 Å². The summed E-state index contributed by atoms with van der Waals surface area (Å²) in [6, 6.07) is 0. The van der Waals surface area contributed by atoms with Gasteiger partial charge in [-0.2, -0.15) is 4.57 Å². The summed E-state index contributed by atoms with van der Waals surface area (Å²) in [6.45, 7) is 3.74. The van der Waals surface area contributed by atoms with Gasteiger partial charge < -0.3 is 27.8 Å². The Hall–Kier alpha value is -0.460. The van der Waals surface area contributed by atoms with Crippen molar-refractivity contribution in [3.8, 4) is 0 Å². The second-order valence-electron chi connectivity index (χ2n) is 2.94. The minimum atomic E-state index is -0.487. The zero-order valence-electron chi connectivity index (χ0n) is 8.03. The standard InChI is InChI=1S/C8H12N2O2S.BrH/c1-5-8(6(2)11)13-4-10(5)3-7(9)12;/h4,6,11H,3H2,1-2H3,(H-,9,12);1H. The van der Waals surface area contributed by atoms with Gasteiger partial charge in [-0.25, -0.2) is 0 Å². The highest BCUT2D eigenvalue weighted by Crippen LogP contribution is 2.19. The minimum absolute atomic E-state index is 0. The van der Waals surface area contributed by atoms with E-state index < -0.39 is 6.10 Å². The summed E-state index contributed by atoms with van der Waals surface area (Å²) in [5.74, 6) is -0.372. The van der Waals surface area contributed by atoms with Crippen LogP contribution >= 0.6 is 11.3 Å². The number of carbonyl (C=O) groups is 1. The lowest BCUT2D eigenvalue weighted by Crippen LogP contribution is -3.00. The van der Waals surface area contributed by atoms with E-state index in [1.54, 1.807) is 17.0 Å². The molecule has 6 heteroatoms. The summed E-state index contributed by atoms with van der Waals surface area (Å²) < 4.78 is 1.75. The molecule has 3 N–H and O–H groups in total. The predicted molar refractivity (Wildman–Crippen MR) is 49.1 cm³/mol. The van der Waals surface area contributed by atoms with E-state index in [1.807, 2.05) is 6.92 Å². The zero-order valence-corrected chi connectivity index (χ0v) is 10.4. The first-order valence-electron chi connectivity index (χ1n) is 3.96. The second-order valence-corrected chi connectivity index (χ2v) is 3.83. The van der Waals surface area contributed by atoms with Crippen molar-refractivity contribution in [1.29, 1.82) is 0 Å². The number of aliphatic hydroxyl groups excluding tert-OH is 1. The number of primary amides is 1. The zero-order chi connectivity index (χ0) is 10.0. The molecule has 4 nitrogen and oxygen atoms in total. The van der Waals surface area contributed by atoms with Crippen LogP contribution < -0.4 is 27.3 Å². The van der Waals surface area contributed by atoms with Gasteiger partial charge >= 0.3 is 0 Å². The first-order valence-corrected chi connectivity index (χ1v) is 4.84. The fourth-order valence-corrected chi connectivity index (χ4v) is 2.11. The molecule has 0 radical (unpaired) electrons. The lowest BCUT2D eigenvalue weighted by molar-refractivity contribution is -0.685. The van der Waals surface area contributed by atoms with Gasteiger partial charge in [-0.1, -0.05) is 11.3 Å². The monoisotopic (exact) mass is 280 g/mol. The Morgan fingerprint density at radius 3 is 2.71 bits per heavy atom. The van der Waals surface area contributed by atoms with Crippen molar-refractivity contribution in [3.63, 3.8) is 0 Å². The maximum atomic E-state index is 10.6. The van der Waals surface area contributed by atoms with Crippen LogP contribution in [-0.2, 0) is 11.3 Å². The molecular weight excluding hydrogens is 268 g/mol. The smallest absolute Gasteiger partial charge is 0.283 e.